The third kappa shape index (κ3) is 4.99. The standard InChI is InChI=1S/C12H23N5/c1-2-3-4-5-8-15-11-10(6-7-13)9-16-12(14)17-11/h9H,2-8,13H2,1H3,(H3,14,15,16,17). The first-order valence-electron chi connectivity index (χ1n) is 6.33. The van der Waals surface area contributed by atoms with E-state index < -0.39 is 0 Å². The lowest BCUT2D eigenvalue weighted by atomic mass is 10.2. The topological polar surface area (TPSA) is 89.8 Å². The van der Waals surface area contributed by atoms with E-state index in [0.29, 0.717) is 12.5 Å². The van der Waals surface area contributed by atoms with Crippen LogP contribution in [0, 0.1) is 0 Å². The van der Waals surface area contributed by atoms with Crippen LogP contribution in [0.25, 0.3) is 0 Å². The summed E-state index contributed by atoms with van der Waals surface area (Å²) in [5.41, 5.74) is 12.2. The fraction of sp³-hybridized carbons (Fsp3) is 0.667. The van der Waals surface area contributed by atoms with E-state index in [4.69, 9.17) is 11.5 Å². The molecule has 0 aliphatic carbocycles. The van der Waals surface area contributed by atoms with Crippen LogP contribution in [0.3, 0.4) is 0 Å². The summed E-state index contributed by atoms with van der Waals surface area (Å²) in [5, 5.41) is 3.31. The Kier molecular flexibility index (Phi) is 6.32. The first-order valence-corrected chi connectivity index (χ1v) is 6.33. The van der Waals surface area contributed by atoms with Crippen LogP contribution in [-0.4, -0.2) is 23.1 Å². The number of rotatable bonds is 8. The minimum Gasteiger partial charge on any atom is -0.370 e. The monoisotopic (exact) mass is 237 g/mol. The number of nitrogens with two attached hydrogens (primary N) is 2. The molecular weight excluding hydrogens is 214 g/mol. The van der Waals surface area contributed by atoms with E-state index in [-0.39, 0.29) is 0 Å². The van der Waals surface area contributed by atoms with Gasteiger partial charge in [0.15, 0.2) is 0 Å². The minimum atomic E-state index is 0.307. The molecular formula is C12H23N5. The molecule has 5 N–H and O–H groups in total. The number of nitrogen functional groups attached to an aromatic ring is 1. The molecule has 1 aromatic rings. The van der Waals surface area contributed by atoms with E-state index >= 15 is 0 Å². The van der Waals surface area contributed by atoms with Gasteiger partial charge in [0.05, 0.1) is 0 Å². The largest absolute Gasteiger partial charge is 0.370 e. The summed E-state index contributed by atoms with van der Waals surface area (Å²) < 4.78 is 0. The molecule has 0 fully saturated rings. The highest BCUT2D eigenvalue weighted by atomic mass is 15.1. The molecule has 0 bridgehead atoms. The molecule has 1 heterocycles. The Balaban J connectivity index is 2.47. The van der Waals surface area contributed by atoms with Gasteiger partial charge in [-0.3, -0.25) is 0 Å². The number of hydrogen-bond donors (Lipinski definition) is 3. The van der Waals surface area contributed by atoms with E-state index in [1.807, 2.05) is 0 Å². The highest BCUT2D eigenvalue weighted by Gasteiger charge is 2.04. The molecule has 0 amide bonds. The SMILES string of the molecule is CCCCCCNc1nc(N)ncc1CCN. The molecule has 0 aliphatic rings. The van der Waals surface area contributed by atoms with Crippen LogP contribution in [0.2, 0.25) is 0 Å². The molecule has 0 aliphatic heterocycles. The Morgan fingerprint density at radius 1 is 1.29 bits per heavy atom. The second kappa shape index (κ2) is 7.84. The Morgan fingerprint density at radius 2 is 2.12 bits per heavy atom. The van der Waals surface area contributed by atoms with Crippen molar-refractivity contribution in [2.45, 2.75) is 39.0 Å². The lowest BCUT2D eigenvalue weighted by Crippen LogP contribution is -2.11. The van der Waals surface area contributed by atoms with Gasteiger partial charge in [-0.2, -0.15) is 4.98 Å². The number of nitrogens with zero attached hydrogens (tertiary/aromatic N) is 2. The van der Waals surface area contributed by atoms with Crippen molar-refractivity contribution in [2.75, 3.05) is 24.1 Å². The fourth-order valence-electron chi connectivity index (χ4n) is 1.67. The predicted molar refractivity (Wildman–Crippen MR) is 71.8 cm³/mol. The quantitative estimate of drug-likeness (QED) is 0.597. The highest BCUT2D eigenvalue weighted by Crippen LogP contribution is 2.13. The van der Waals surface area contributed by atoms with E-state index in [1.54, 1.807) is 6.20 Å². The van der Waals surface area contributed by atoms with E-state index in [9.17, 15) is 0 Å². The Bertz CT molecular complexity index is 327. The third-order valence-corrected chi connectivity index (χ3v) is 2.62. The Labute approximate surface area is 103 Å². The molecule has 96 valence electrons. The van der Waals surface area contributed by atoms with Gasteiger partial charge in [-0.05, 0) is 19.4 Å². The van der Waals surface area contributed by atoms with Crippen molar-refractivity contribution in [3.63, 3.8) is 0 Å². The number of hydrogen-bond acceptors (Lipinski definition) is 5. The van der Waals surface area contributed by atoms with Gasteiger partial charge in [0, 0.05) is 18.3 Å². The van der Waals surface area contributed by atoms with Crippen LogP contribution in [-0.2, 0) is 6.42 Å². The molecule has 0 saturated heterocycles. The number of nitrogens with one attached hydrogen (secondary N) is 1. The average Bonchev–Trinajstić information content (AvgIpc) is 2.32. The van der Waals surface area contributed by atoms with Gasteiger partial charge in [-0.1, -0.05) is 26.2 Å². The van der Waals surface area contributed by atoms with Crippen molar-refractivity contribution in [3.05, 3.63) is 11.8 Å². The molecule has 0 atom stereocenters. The van der Waals surface area contributed by atoms with E-state index in [1.165, 1.54) is 19.3 Å². The predicted octanol–water partition coefficient (Wildman–Crippen LogP) is 1.55. The molecule has 17 heavy (non-hydrogen) atoms. The number of aromatic nitrogens is 2. The molecule has 5 nitrogen and oxygen atoms in total. The maximum Gasteiger partial charge on any atom is 0.221 e. The average molecular weight is 237 g/mol. The summed E-state index contributed by atoms with van der Waals surface area (Å²) in [6.07, 6.45) is 7.46. The first-order chi connectivity index (χ1) is 8.27. The molecule has 0 unspecified atom stereocenters. The van der Waals surface area contributed by atoms with Crippen LogP contribution in [0.5, 0.6) is 0 Å². The lowest BCUT2D eigenvalue weighted by molar-refractivity contribution is 0.684. The van der Waals surface area contributed by atoms with Gasteiger partial charge in [-0.25, -0.2) is 4.98 Å². The highest BCUT2D eigenvalue weighted by molar-refractivity contribution is 5.46. The maximum atomic E-state index is 5.58. The van der Waals surface area contributed by atoms with Gasteiger partial charge in [0.25, 0.3) is 0 Å². The number of anilines is 2. The van der Waals surface area contributed by atoms with Crippen molar-refractivity contribution in [2.24, 2.45) is 5.73 Å². The molecule has 5 heteroatoms. The van der Waals surface area contributed by atoms with Crippen molar-refractivity contribution in [1.29, 1.82) is 0 Å². The minimum absolute atomic E-state index is 0.307. The van der Waals surface area contributed by atoms with Crippen molar-refractivity contribution < 1.29 is 0 Å². The summed E-state index contributed by atoms with van der Waals surface area (Å²) >= 11 is 0. The van der Waals surface area contributed by atoms with Crippen molar-refractivity contribution >= 4 is 11.8 Å². The summed E-state index contributed by atoms with van der Waals surface area (Å²) in [6.45, 7) is 3.73. The smallest absolute Gasteiger partial charge is 0.221 e. The second-order valence-electron chi connectivity index (χ2n) is 4.13. The van der Waals surface area contributed by atoms with Gasteiger partial charge in [0.1, 0.15) is 5.82 Å². The molecule has 1 aromatic heterocycles. The van der Waals surface area contributed by atoms with E-state index in [2.05, 4.69) is 22.2 Å². The summed E-state index contributed by atoms with van der Waals surface area (Å²) in [5.74, 6) is 1.14. The number of unbranched alkanes of at least 4 members (excludes halogenated alkanes) is 3. The van der Waals surface area contributed by atoms with Crippen LogP contribution in [0.4, 0.5) is 11.8 Å². The van der Waals surface area contributed by atoms with Crippen LogP contribution in [0.15, 0.2) is 6.20 Å². The zero-order valence-corrected chi connectivity index (χ0v) is 10.6. The first kappa shape index (κ1) is 13.7. The molecule has 0 spiro atoms. The normalized spacial score (nSPS) is 10.5. The zero-order valence-electron chi connectivity index (χ0n) is 10.6. The van der Waals surface area contributed by atoms with Gasteiger partial charge < -0.3 is 16.8 Å². The van der Waals surface area contributed by atoms with Gasteiger partial charge in [-0.15, -0.1) is 0 Å². The third-order valence-electron chi connectivity index (χ3n) is 2.62. The second-order valence-corrected chi connectivity index (χ2v) is 4.13. The van der Waals surface area contributed by atoms with Crippen molar-refractivity contribution in [3.8, 4) is 0 Å². The Morgan fingerprint density at radius 3 is 2.82 bits per heavy atom. The fourth-order valence-corrected chi connectivity index (χ4v) is 1.67. The van der Waals surface area contributed by atoms with Crippen LogP contribution >= 0.6 is 0 Å². The molecule has 0 saturated carbocycles. The van der Waals surface area contributed by atoms with Gasteiger partial charge in [0.2, 0.25) is 5.95 Å². The summed E-state index contributed by atoms with van der Waals surface area (Å²) in [7, 11) is 0. The van der Waals surface area contributed by atoms with Crippen molar-refractivity contribution in [1.82, 2.24) is 9.97 Å². The summed E-state index contributed by atoms with van der Waals surface area (Å²) in [4.78, 5) is 8.20. The Hall–Kier alpha value is -1.36. The van der Waals surface area contributed by atoms with Gasteiger partial charge >= 0.3 is 0 Å². The molecule has 0 radical (unpaired) electrons. The van der Waals surface area contributed by atoms with E-state index in [0.717, 1.165) is 30.8 Å². The zero-order chi connectivity index (χ0) is 12.5. The van der Waals surface area contributed by atoms with Crippen LogP contribution < -0.4 is 16.8 Å². The van der Waals surface area contributed by atoms with Crippen LogP contribution in [0.1, 0.15) is 38.2 Å². The molecule has 1 rings (SSSR count). The summed E-state index contributed by atoms with van der Waals surface area (Å²) in [6, 6.07) is 0. The maximum absolute atomic E-state index is 5.58. The lowest BCUT2D eigenvalue weighted by Gasteiger charge is -2.10. The molecule has 0 aromatic carbocycles.